The Kier molecular flexibility index (Phi) is 8.71. The first-order valence-electron chi connectivity index (χ1n) is 12.5. The highest BCUT2D eigenvalue weighted by molar-refractivity contribution is 7.92. The van der Waals surface area contributed by atoms with E-state index in [1.807, 2.05) is 0 Å². The molecule has 206 valence electrons. The highest BCUT2D eigenvalue weighted by Gasteiger charge is 2.50. The van der Waals surface area contributed by atoms with Crippen LogP contribution in [0, 0.1) is 17.6 Å². The molecule has 1 aliphatic rings. The molecule has 0 saturated heterocycles. The Hall–Kier alpha value is -3.30. The molecule has 0 spiro atoms. The first-order valence-corrected chi connectivity index (χ1v) is 14.4. The minimum atomic E-state index is -4.17. The van der Waals surface area contributed by atoms with Gasteiger partial charge in [-0.05, 0) is 99.2 Å². The number of hydrogen-bond donors (Lipinski definition) is 0. The third-order valence-electron chi connectivity index (χ3n) is 7.02. The van der Waals surface area contributed by atoms with Crippen molar-refractivity contribution in [2.45, 2.75) is 48.7 Å². The first-order chi connectivity index (χ1) is 18.6. The van der Waals surface area contributed by atoms with Crippen LogP contribution in [0.1, 0.15) is 60.9 Å². The van der Waals surface area contributed by atoms with Crippen molar-refractivity contribution in [3.05, 3.63) is 94.4 Å². The van der Waals surface area contributed by atoms with Gasteiger partial charge in [-0.2, -0.15) is 0 Å². The average Bonchev–Trinajstić information content (AvgIpc) is 3.39. The van der Waals surface area contributed by atoms with Gasteiger partial charge in [0, 0.05) is 23.1 Å². The number of esters is 1. The number of Topliss-reactive ketones (excluding diaryl/α,β-unsaturated/α-hetero) is 1. The molecule has 0 amide bonds. The first kappa shape index (κ1) is 28.7. The molecule has 1 heterocycles. The standard InChI is InChI=1S/C29H27ClF2O6S/c1-2-37-28(34)12-7-22-6-11-27(38-22)26(33)17-19-13-15-29(16-14-19,24-18-21(31)5-10-25(24)32)39(35,36)23-8-3-20(30)4-9-23/h3-12,18-19H,2,13-17H2,1H3/b12-7+. The predicted octanol–water partition coefficient (Wildman–Crippen LogP) is 6.92. The van der Waals surface area contributed by atoms with Crippen LogP contribution in [0.3, 0.4) is 0 Å². The smallest absolute Gasteiger partial charge is 0.330 e. The van der Waals surface area contributed by atoms with Gasteiger partial charge in [0.05, 0.1) is 11.5 Å². The Morgan fingerprint density at radius 3 is 2.44 bits per heavy atom. The zero-order valence-electron chi connectivity index (χ0n) is 21.2. The summed E-state index contributed by atoms with van der Waals surface area (Å²) in [6.07, 6.45) is 3.29. The summed E-state index contributed by atoms with van der Waals surface area (Å²) in [5.74, 6) is -2.12. The van der Waals surface area contributed by atoms with Gasteiger partial charge in [-0.3, -0.25) is 4.79 Å². The molecule has 6 nitrogen and oxygen atoms in total. The second-order valence-electron chi connectivity index (χ2n) is 9.43. The highest BCUT2D eigenvalue weighted by Crippen LogP contribution is 2.50. The molecule has 1 saturated carbocycles. The molecule has 2 aromatic carbocycles. The Bertz CT molecular complexity index is 1490. The van der Waals surface area contributed by atoms with Crippen LogP contribution in [0.2, 0.25) is 5.02 Å². The summed E-state index contributed by atoms with van der Waals surface area (Å²) >= 11 is 5.94. The number of carbonyl (C=O) groups is 2. The van der Waals surface area contributed by atoms with Crippen molar-refractivity contribution in [3.8, 4) is 0 Å². The molecular weight excluding hydrogens is 550 g/mol. The summed E-state index contributed by atoms with van der Waals surface area (Å²) in [6.45, 7) is 1.92. The van der Waals surface area contributed by atoms with Gasteiger partial charge in [-0.25, -0.2) is 22.0 Å². The van der Waals surface area contributed by atoms with Crippen LogP contribution in [0.4, 0.5) is 8.78 Å². The van der Waals surface area contributed by atoms with Crippen molar-refractivity contribution in [2.24, 2.45) is 5.92 Å². The molecule has 10 heteroatoms. The van der Waals surface area contributed by atoms with E-state index in [4.69, 9.17) is 20.8 Å². The third kappa shape index (κ3) is 6.15. The van der Waals surface area contributed by atoms with E-state index in [0.29, 0.717) is 23.6 Å². The van der Waals surface area contributed by atoms with Crippen LogP contribution >= 0.6 is 11.6 Å². The fourth-order valence-corrected chi connectivity index (χ4v) is 7.30. The van der Waals surface area contributed by atoms with Gasteiger partial charge < -0.3 is 9.15 Å². The van der Waals surface area contributed by atoms with Crippen molar-refractivity contribution in [2.75, 3.05) is 6.61 Å². The van der Waals surface area contributed by atoms with Crippen LogP contribution in [0.5, 0.6) is 0 Å². The Morgan fingerprint density at radius 2 is 1.77 bits per heavy atom. The molecule has 0 atom stereocenters. The number of halogens is 3. The summed E-state index contributed by atoms with van der Waals surface area (Å²) in [6, 6.07) is 11.5. The monoisotopic (exact) mass is 576 g/mol. The molecule has 39 heavy (non-hydrogen) atoms. The van der Waals surface area contributed by atoms with Crippen molar-refractivity contribution < 1.29 is 35.9 Å². The maximum Gasteiger partial charge on any atom is 0.330 e. The number of rotatable bonds is 9. The van der Waals surface area contributed by atoms with Gasteiger partial charge in [0.1, 0.15) is 22.1 Å². The van der Waals surface area contributed by atoms with Crippen molar-refractivity contribution in [3.63, 3.8) is 0 Å². The lowest BCUT2D eigenvalue weighted by atomic mass is 9.76. The lowest BCUT2D eigenvalue weighted by molar-refractivity contribution is -0.137. The highest BCUT2D eigenvalue weighted by atomic mass is 35.5. The maximum atomic E-state index is 15.0. The minimum absolute atomic E-state index is 0.00195. The fourth-order valence-electron chi connectivity index (χ4n) is 5.01. The van der Waals surface area contributed by atoms with Crippen LogP contribution in [0.15, 0.2) is 70.0 Å². The summed E-state index contributed by atoms with van der Waals surface area (Å²) in [4.78, 5) is 24.3. The number of ether oxygens (including phenoxy) is 1. The van der Waals surface area contributed by atoms with E-state index in [1.165, 1.54) is 42.5 Å². The number of hydrogen-bond acceptors (Lipinski definition) is 6. The van der Waals surface area contributed by atoms with Crippen LogP contribution in [-0.2, 0) is 24.1 Å². The molecule has 1 aromatic heterocycles. The van der Waals surface area contributed by atoms with E-state index in [-0.39, 0.29) is 53.8 Å². The van der Waals surface area contributed by atoms with Crippen LogP contribution in [0.25, 0.3) is 6.08 Å². The second-order valence-corrected chi connectivity index (χ2v) is 12.1. The Morgan fingerprint density at radius 1 is 1.08 bits per heavy atom. The largest absolute Gasteiger partial charge is 0.463 e. The topological polar surface area (TPSA) is 90.7 Å². The van der Waals surface area contributed by atoms with Gasteiger partial charge in [0.15, 0.2) is 21.4 Å². The molecule has 0 bridgehead atoms. The third-order valence-corrected chi connectivity index (χ3v) is 9.82. The lowest BCUT2D eigenvalue weighted by Gasteiger charge is -2.40. The zero-order chi connectivity index (χ0) is 28.2. The molecule has 0 N–H and O–H groups in total. The molecule has 1 aliphatic carbocycles. The van der Waals surface area contributed by atoms with E-state index in [2.05, 4.69) is 0 Å². The van der Waals surface area contributed by atoms with Crippen molar-refractivity contribution >= 4 is 39.3 Å². The summed E-state index contributed by atoms with van der Waals surface area (Å²) in [7, 11) is -4.17. The van der Waals surface area contributed by atoms with E-state index < -0.39 is 32.2 Å². The lowest BCUT2D eigenvalue weighted by Crippen LogP contribution is -2.41. The molecule has 3 aromatic rings. The van der Waals surface area contributed by atoms with Crippen LogP contribution in [-0.4, -0.2) is 26.8 Å². The number of carbonyl (C=O) groups excluding carboxylic acids is 2. The van der Waals surface area contributed by atoms with E-state index in [0.717, 1.165) is 18.2 Å². The molecule has 0 unspecified atom stereocenters. The molecular formula is C29H27ClF2O6S. The zero-order valence-corrected chi connectivity index (χ0v) is 22.7. The van der Waals surface area contributed by atoms with Gasteiger partial charge in [0.25, 0.3) is 0 Å². The second kappa shape index (κ2) is 11.8. The van der Waals surface area contributed by atoms with E-state index in [1.54, 1.807) is 13.0 Å². The maximum absolute atomic E-state index is 15.0. The van der Waals surface area contributed by atoms with E-state index >= 15 is 4.39 Å². The minimum Gasteiger partial charge on any atom is -0.463 e. The number of benzene rings is 2. The van der Waals surface area contributed by atoms with Gasteiger partial charge in [0.2, 0.25) is 0 Å². The normalized spacial score (nSPS) is 19.7. The van der Waals surface area contributed by atoms with Gasteiger partial charge >= 0.3 is 5.97 Å². The molecule has 0 radical (unpaired) electrons. The van der Waals surface area contributed by atoms with Crippen molar-refractivity contribution in [1.82, 2.24) is 0 Å². The van der Waals surface area contributed by atoms with Crippen molar-refractivity contribution in [1.29, 1.82) is 0 Å². The average molecular weight is 577 g/mol. The number of ketones is 1. The quantitative estimate of drug-likeness (QED) is 0.156. The molecule has 4 rings (SSSR count). The Labute approximate surface area is 230 Å². The molecule has 1 fully saturated rings. The van der Waals surface area contributed by atoms with Gasteiger partial charge in [-0.15, -0.1) is 0 Å². The Balaban J connectivity index is 1.54. The summed E-state index contributed by atoms with van der Waals surface area (Å²) in [5.41, 5.74) is -0.216. The van der Waals surface area contributed by atoms with Crippen LogP contribution < -0.4 is 0 Å². The number of furan rings is 1. The fraction of sp³-hybridized carbons (Fsp3) is 0.310. The SMILES string of the molecule is CCOC(=O)/C=C/c1ccc(C(=O)CC2CCC(c3cc(F)ccc3F)(S(=O)(=O)c3ccc(Cl)cc3)CC2)o1. The number of sulfone groups is 1. The van der Waals surface area contributed by atoms with Gasteiger partial charge in [-0.1, -0.05) is 11.6 Å². The predicted molar refractivity (Wildman–Crippen MR) is 142 cm³/mol. The summed E-state index contributed by atoms with van der Waals surface area (Å²) in [5, 5.41) is 0.347. The van der Waals surface area contributed by atoms with E-state index in [9.17, 15) is 22.4 Å². The molecule has 0 aliphatic heterocycles. The summed E-state index contributed by atoms with van der Waals surface area (Å²) < 4.78 is 65.8.